The van der Waals surface area contributed by atoms with E-state index in [1.165, 1.54) is 11.1 Å². The van der Waals surface area contributed by atoms with E-state index in [1.807, 2.05) is 29.3 Å². The van der Waals surface area contributed by atoms with Crippen molar-refractivity contribution in [1.29, 1.82) is 0 Å². The fourth-order valence-corrected chi connectivity index (χ4v) is 3.74. The molecule has 0 saturated carbocycles. The van der Waals surface area contributed by atoms with E-state index in [0.717, 1.165) is 49.2 Å². The van der Waals surface area contributed by atoms with Crippen LogP contribution in [-0.2, 0) is 17.8 Å². The van der Waals surface area contributed by atoms with E-state index in [2.05, 4.69) is 47.1 Å². The summed E-state index contributed by atoms with van der Waals surface area (Å²) in [4.78, 5) is 20.4. The molecule has 134 valence electrons. The van der Waals surface area contributed by atoms with Crippen LogP contribution in [0.5, 0.6) is 0 Å². The average Bonchev–Trinajstić information content (AvgIpc) is 3.07. The number of para-hydroxylation sites is 1. The third kappa shape index (κ3) is 3.51. The molecule has 0 spiro atoms. The number of aromatic nitrogens is 1. The second kappa shape index (κ2) is 7.34. The van der Waals surface area contributed by atoms with Crippen LogP contribution in [0.3, 0.4) is 0 Å². The van der Waals surface area contributed by atoms with Gasteiger partial charge in [-0.3, -0.25) is 9.69 Å². The molecule has 0 bridgehead atoms. The molecule has 0 aliphatic carbocycles. The smallest absolute Gasteiger partial charge is 0.227 e. The summed E-state index contributed by atoms with van der Waals surface area (Å²) in [6, 6.07) is 16.7. The molecule has 4 heteroatoms. The first-order valence-electron chi connectivity index (χ1n) is 9.30. The maximum atomic E-state index is 12.7. The first kappa shape index (κ1) is 16.9. The number of benzene rings is 2. The van der Waals surface area contributed by atoms with Crippen LogP contribution in [-0.4, -0.2) is 46.9 Å². The highest BCUT2D eigenvalue weighted by Crippen LogP contribution is 2.19. The SMILES string of the molecule is Cc1ccccc1CN1CCN(C(=O)Cc2c[nH]c3ccccc23)CC1. The van der Waals surface area contributed by atoms with Crippen LogP contribution in [0.4, 0.5) is 0 Å². The molecule has 1 aromatic heterocycles. The van der Waals surface area contributed by atoms with Crippen molar-refractivity contribution in [3.63, 3.8) is 0 Å². The van der Waals surface area contributed by atoms with Gasteiger partial charge in [-0.05, 0) is 29.7 Å². The number of hydrogen-bond acceptors (Lipinski definition) is 2. The normalized spacial score (nSPS) is 15.5. The van der Waals surface area contributed by atoms with Crippen molar-refractivity contribution in [1.82, 2.24) is 14.8 Å². The molecular weight excluding hydrogens is 322 g/mol. The molecule has 2 aromatic carbocycles. The van der Waals surface area contributed by atoms with E-state index in [9.17, 15) is 4.79 Å². The van der Waals surface area contributed by atoms with E-state index in [0.29, 0.717) is 6.42 Å². The minimum Gasteiger partial charge on any atom is -0.361 e. The molecule has 1 fully saturated rings. The molecule has 2 heterocycles. The molecule has 3 aromatic rings. The molecule has 0 unspecified atom stereocenters. The van der Waals surface area contributed by atoms with Gasteiger partial charge in [0.15, 0.2) is 0 Å². The maximum Gasteiger partial charge on any atom is 0.227 e. The minimum absolute atomic E-state index is 0.227. The molecule has 1 saturated heterocycles. The molecule has 1 amide bonds. The molecule has 1 N–H and O–H groups in total. The van der Waals surface area contributed by atoms with Gasteiger partial charge in [0, 0.05) is 49.8 Å². The molecule has 0 atom stereocenters. The molecule has 1 aliphatic rings. The van der Waals surface area contributed by atoms with Crippen molar-refractivity contribution in [2.75, 3.05) is 26.2 Å². The highest BCUT2D eigenvalue weighted by atomic mass is 16.2. The third-order valence-electron chi connectivity index (χ3n) is 5.40. The fraction of sp³-hybridized carbons (Fsp3) is 0.318. The summed E-state index contributed by atoms with van der Waals surface area (Å²) in [5.41, 5.74) is 4.91. The summed E-state index contributed by atoms with van der Waals surface area (Å²) >= 11 is 0. The lowest BCUT2D eigenvalue weighted by Crippen LogP contribution is -2.48. The van der Waals surface area contributed by atoms with Crippen LogP contribution in [0.1, 0.15) is 16.7 Å². The Bertz CT molecular complexity index is 906. The maximum absolute atomic E-state index is 12.7. The fourth-order valence-electron chi connectivity index (χ4n) is 3.74. The van der Waals surface area contributed by atoms with Gasteiger partial charge in [-0.1, -0.05) is 42.5 Å². The number of fused-ring (bicyclic) bond motifs is 1. The Labute approximate surface area is 154 Å². The van der Waals surface area contributed by atoms with Crippen molar-refractivity contribution in [2.24, 2.45) is 0 Å². The van der Waals surface area contributed by atoms with Crippen molar-refractivity contribution in [3.8, 4) is 0 Å². The van der Waals surface area contributed by atoms with Crippen molar-refractivity contribution >= 4 is 16.8 Å². The average molecular weight is 347 g/mol. The number of hydrogen-bond donors (Lipinski definition) is 1. The number of nitrogens with zero attached hydrogens (tertiary/aromatic N) is 2. The lowest BCUT2D eigenvalue weighted by molar-refractivity contribution is -0.132. The summed E-state index contributed by atoms with van der Waals surface area (Å²) in [6.45, 7) is 6.63. The predicted molar refractivity (Wildman–Crippen MR) is 105 cm³/mol. The molecule has 0 radical (unpaired) electrons. The van der Waals surface area contributed by atoms with Gasteiger partial charge in [-0.2, -0.15) is 0 Å². The van der Waals surface area contributed by atoms with Crippen LogP contribution in [0, 0.1) is 6.92 Å². The van der Waals surface area contributed by atoms with E-state index >= 15 is 0 Å². The number of carbonyl (C=O) groups is 1. The first-order valence-corrected chi connectivity index (χ1v) is 9.30. The monoisotopic (exact) mass is 347 g/mol. The summed E-state index contributed by atoms with van der Waals surface area (Å²) in [6.07, 6.45) is 2.44. The highest BCUT2D eigenvalue weighted by Gasteiger charge is 2.22. The molecule has 1 aliphatic heterocycles. The van der Waals surface area contributed by atoms with E-state index in [1.54, 1.807) is 0 Å². The molecule has 4 nitrogen and oxygen atoms in total. The number of amides is 1. The van der Waals surface area contributed by atoms with Gasteiger partial charge < -0.3 is 9.88 Å². The van der Waals surface area contributed by atoms with Gasteiger partial charge in [-0.15, -0.1) is 0 Å². The molecule has 26 heavy (non-hydrogen) atoms. The van der Waals surface area contributed by atoms with Crippen molar-refractivity contribution in [3.05, 3.63) is 71.4 Å². The van der Waals surface area contributed by atoms with E-state index < -0.39 is 0 Å². The Morgan fingerprint density at radius 3 is 2.50 bits per heavy atom. The first-order chi connectivity index (χ1) is 12.7. The lowest BCUT2D eigenvalue weighted by atomic mass is 10.1. The van der Waals surface area contributed by atoms with E-state index in [4.69, 9.17) is 0 Å². The summed E-state index contributed by atoms with van der Waals surface area (Å²) < 4.78 is 0. The lowest BCUT2D eigenvalue weighted by Gasteiger charge is -2.35. The summed E-state index contributed by atoms with van der Waals surface area (Å²) in [7, 11) is 0. The zero-order chi connectivity index (χ0) is 17.9. The third-order valence-corrected chi connectivity index (χ3v) is 5.40. The number of nitrogens with one attached hydrogen (secondary N) is 1. The molecule has 4 rings (SSSR count). The zero-order valence-electron chi connectivity index (χ0n) is 15.2. The van der Waals surface area contributed by atoms with Crippen molar-refractivity contribution < 1.29 is 4.79 Å². The van der Waals surface area contributed by atoms with Gasteiger partial charge in [0.2, 0.25) is 5.91 Å². The second-order valence-corrected chi connectivity index (χ2v) is 7.12. The zero-order valence-corrected chi connectivity index (χ0v) is 15.2. The number of aryl methyl sites for hydroxylation is 1. The number of piperazine rings is 1. The quantitative estimate of drug-likeness (QED) is 0.786. The van der Waals surface area contributed by atoms with E-state index in [-0.39, 0.29) is 5.91 Å². The number of aromatic amines is 1. The largest absolute Gasteiger partial charge is 0.361 e. The topological polar surface area (TPSA) is 39.3 Å². The number of carbonyl (C=O) groups excluding carboxylic acids is 1. The summed E-state index contributed by atoms with van der Waals surface area (Å²) in [5.74, 6) is 0.227. The predicted octanol–water partition coefficient (Wildman–Crippen LogP) is 3.36. The highest BCUT2D eigenvalue weighted by molar-refractivity contribution is 5.88. The van der Waals surface area contributed by atoms with Gasteiger partial charge in [0.1, 0.15) is 0 Å². The number of H-pyrrole nitrogens is 1. The van der Waals surface area contributed by atoms with Crippen LogP contribution >= 0.6 is 0 Å². The Balaban J connectivity index is 1.34. The standard InChI is InChI=1S/C22H25N3O/c1-17-6-2-3-7-18(17)16-24-10-12-25(13-11-24)22(26)14-19-15-23-21-9-5-4-8-20(19)21/h2-9,15,23H,10-14,16H2,1H3. The Hall–Kier alpha value is -2.59. The van der Waals surface area contributed by atoms with Gasteiger partial charge in [0.25, 0.3) is 0 Å². The van der Waals surface area contributed by atoms with Crippen LogP contribution in [0.15, 0.2) is 54.7 Å². The Morgan fingerprint density at radius 1 is 0.962 bits per heavy atom. The van der Waals surface area contributed by atoms with Crippen molar-refractivity contribution in [2.45, 2.75) is 19.9 Å². The van der Waals surface area contributed by atoms with Crippen LogP contribution < -0.4 is 0 Å². The second-order valence-electron chi connectivity index (χ2n) is 7.12. The minimum atomic E-state index is 0.227. The van der Waals surface area contributed by atoms with Crippen LogP contribution in [0.2, 0.25) is 0 Å². The molecular formula is C22H25N3O. The Kier molecular flexibility index (Phi) is 4.76. The summed E-state index contributed by atoms with van der Waals surface area (Å²) in [5, 5.41) is 1.15. The van der Waals surface area contributed by atoms with Gasteiger partial charge in [0.05, 0.1) is 6.42 Å². The van der Waals surface area contributed by atoms with Crippen LogP contribution in [0.25, 0.3) is 10.9 Å². The number of rotatable bonds is 4. The Morgan fingerprint density at radius 2 is 1.69 bits per heavy atom. The van der Waals surface area contributed by atoms with Gasteiger partial charge in [-0.25, -0.2) is 0 Å². The van der Waals surface area contributed by atoms with Gasteiger partial charge >= 0.3 is 0 Å².